The summed E-state index contributed by atoms with van der Waals surface area (Å²) >= 11 is 0. The number of nitrogens with one attached hydrogen (secondary N) is 1. The summed E-state index contributed by atoms with van der Waals surface area (Å²) in [5, 5.41) is 5.82. The van der Waals surface area contributed by atoms with Crippen LogP contribution in [0.2, 0.25) is 0 Å². The number of piperazine rings is 1. The minimum atomic E-state index is 0.275. The van der Waals surface area contributed by atoms with Crippen LogP contribution in [0.25, 0.3) is 10.8 Å². The van der Waals surface area contributed by atoms with Crippen molar-refractivity contribution in [3.05, 3.63) is 48.0 Å². The Bertz CT molecular complexity index is 638. The molecule has 0 spiro atoms. The smallest absolute Gasteiger partial charge is 0.223 e. The summed E-state index contributed by atoms with van der Waals surface area (Å²) in [6.07, 6.45) is 1.42. The molecular weight excluding hydrogens is 260 g/mol. The van der Waals surface area contributed by atoms with Gasteiger partial charge in [-0.05, 0) is 29.7 Å². The van der Waals surface area contributed by atoms with Crippen LogP contribution in [0, 0.1) is 0 Å². The molecule has 1 unspecified atom stereocenters. The second-order valence-corrected chi connectivity index (χ2v) is 5.82. The highest BCUT2D eigenvalue weighted by Crippen LogP contribution is 2.17. The van der Waals surface area contributed by atoms with Gasteiger partial charge in [0.15, 0.2) is 0 Å². The van der Waals surface area contributed by atoms with Crippen molar-refractivity contribution in [3.8, 4) is 0 Å². The third-order valence-electron chi connectivity index (χ3n) is 4.26. The van der Waals surface area contributed by atoms with E-state index in [0.29, 0.717) is 12.5 Å². The maximum atomic E-state index is 12.3. The number of hydrogen-bond donors (Lipinski definition) is 1. The molecule has 3 nitrogen and oxygen atoms in total. The number of carbonyl (C=O) groups is 1. The Morgan fingerprint density at radius 3 is 2.86 bits per heavy atom. The van der Waals surface area contributed by atoms with Crippen LogP contribution in [0.4, 0.5) is 0 Å². The van der Waals surface area contributed by atoms with Gasteiger partial charge in [0.1, 0.15) is 0 Å². The van der Waals surface area contributed by atoms with Crippen LogP contribution in [-0.2, 0) is 11.2 Å². The summed E-state index contributed by atoms with van der Waals surface area (Å²) in [7, 11) is 0. The van der Waals surface area contributed by atoms with Gasteiger partial charge in [0.05, 0.1) is 0 Å². The van der Waals surface area contributed by atoms with E-state index in [0.717, 1.165) is 26.1 Å². The zero-order valence-corrected chi connectivity index (χ0v) is 12.5. The molecule has 1 aliphatic rings. The molecule has 2 aromatic carbocycles. The Hall–Kier alpha value is -1.87. The van der Waals surface area contributed by atoms with Gasteiger partial charge >= 0.3 is 0 Å². The molecule has 3 heteroatoms. The maximum absolute atomic E-state index is 12.3. The van der Waals surface area contributed by atoms with Gasteiger partial charge in [0.2, 0.25) is 5.91 Å². The minimum Gasteiger partial charge on any atom is -0.337 e. The lowest BCUT2D eigenvalue weighted by atomic mass is 10.0. The van der Waals surface area contributed by atoms with E-state index in [9.17, 15) is 4.79 Å². The van der Waals surface area contributed by atoms with Crippen LogP contribution in [0.1, 0.15) is 18.9 Å². The molecule has 1 amide bonds. The molecule has 2 aromatic rings. The third-order valence-corrected chi connectivity index (χ3v) is 4.26. The molecule has 0 bridgehead atoms. The van der Waals surface area contributed by atoms with E-state index in [1.165, 1.54) is 16.3 Å². The van der Waals surface area contributed by atoms with Crippen LogP contribution in [0.15, 0.2) is 42.5 Å². The van der Waals surface area contributed by atoms with Gasteiger partial charge in [-0.2, -0.15) is 0 Å². The lowest BCUT2D eigenvalue weighted by Gasteiger charge is -2.34. The zero-order chi connectivity index (χ0) is 14.7. The van der Waals surface area contributed by atoms with Gasteiger partial charge < -0.3 is 10.2 Å². The van der Waals surface area contributed by atoms with Crippen molar-refractivity contribution in [2.24, 2.45) is 0 Å². The van der Waals surface area contributed by atoms with Gasteiger partial charge in [-0.15, -0.1) is 0 Å². The minimum absolute atomic E-state index is 0.275. The average molecular weight is 282 g/mol. The second-order valence-electron chi connectivity index (χ2n) is 5.82. The highest BCUT2D eigenvalue weighted by Gasteiger charge is 2.22. The zero-order valence-electron chi connectivity index (χ0n) is 12.5. The van der Waals surface area contributed by atoms with E-state index in [4.69, 9.17) is 0 Å². The standard InChI is InChI=1S/C18H22N2O/c1-14-13-19-10-11-20(14)18(21)9-7-15-6-8-16-4-2-3-5-17(16)12-15/h2-6,8,12,14,19H,7,9-11,13H2,1H3. The van der Waals surface area contributed by atoms with Crippen LogP contribution >= 0.6 is 0 Å². The summed E-state index contributed by atoms with van der Waals surface area (Å²) < 4.78 is 0. The molecule has 1 heterocycles. The van der Waals surface area contributed by atoms with Gasteiger partial charge in [-0.1, -0.05) is 42.5 Å². The number of fused-ring (bicyclic) bond motifs is 1. The number of rotatable bonds is 3. The van der Waals surface area contributed by atoms with Crippen molar-refractivity contribution in [2.45, 2.75) is 25.8 Å². The van der Waals surface area contributed by atoms with Crippen LogP contribution in [0.3, 0.4) is 0 Å². The summed E-state index contributed by atoms with van der Waals surface area (Å²) in [4.78, 5) is 14.4. The second kappa shape index (κ2) is 6.27. The van der Waals surface area contributed by atoms with E-state index < -0.39 is 0 Å². The molecule has 0 saturated carbocycles. The first-order valence-electron chi connectivity index (χ1n) is 7.72. The van der Waals surface area contributed by atoms with Crippen molar-refractivity contribution in [1.29, 1.82) is 0 Å². The van der Waals surface area contributed by atoms with E-state index in [1.54, 1.807) is 0 Å². The third kappa shape index (κ3) is 3.24. The largest absolute Gasteiger partial charge is 0.337 e. The fourth-order valence-corrected chi connectivity index (χ4v) is 3.00. The molecule has 21 heavy (non-hydrogen) atoms. The first kappa shape index (κ1) is 14.1. The fourth-order valence-electron chi connectivity index (χ4n) is 3.00. The normalized spacial score (nSPS) is 18.9. The van der Waals surface area contributed by atoms with Crippen LogP contribution < -0.4 is 5.32 Å². The van der Waals surface area contributed by atoms with Crippen molar-refractivity contribution >= 4 is 16.7 Å². The summed E-state index contributed by atoms with van der Waals surface area (Å²) in [6, 6.07) is 15.1. The topological polar surface area (TPSA) is 32.3 Å². The molecular formula is C18H22N2O. The van der Waals surface area contributed by atoms with Crippen molar-refractivity contribution in [3.63, 3.8) is 0 Å². The molecule has 1 N–H and O–H groups in total. The summed E-state index contributed by atoms with van der Waals surface area (Å²) in [5.74, 6) is 0.275. The monoisotopic (exact) mass is 282 g/mol. The predicted molar refractivity (Wildman–Crippen MR) is 86.3 cm³/mol. The molecule has 1 fully saturated rings. The SMILES string of the molecule is CC1CNCCN1C(=O)CCc1ccc2ccccc2c1. The van der Waals surface area contributed by atoms with Gasteiger partial charge in [0, 0.05) is 32.1 Å². The van der Waals surface area contributed by atoms with Crippen LogP contribution in [-0.4, -0.2) is 36.5 Å². The van der Waals surface area contributed by atoms with Gasteiger partial charge in [-0.3, -0.25) is 4.79 Å². The number of carbonyl (C=O) groups excluding carboxylic acids is 1. The van der Waals surface area contributed by atoms with Crippen molar-refractivity contribution < 1.29 is 4.79 Å². The summed E-state index contributed by atoms with van der Waals surface area (Å²) in [5.41, 5.74) is 1.24. The fraction of sp³-hybridized carbons (Fsp3) is 0.389. The first-order chi connectivity index (χ1) is 10.2. The Morgan fingerprint density at radius 1 is 1.24 bits per heavy atom. The molecule has 3 rings (SSSR count). The highest BCUT2D eigenvalue weighted by atomic mass is 16.2. The number of benzene rings is 2. The van der Waals surface area contributed by atoms with E-state index in [2.05, 4.69) is 54.7 Å². The quantitative estimate of drug-likeness (QED) is 0.938. The number of hydrogen-bond acceptors (Lipinski definition) is 2. The number of amides is 1. The molecule has 0 aromatic heterocycles. The Morgan fingerprint density at radius 2 is 2.05 bits per heavy atom. The van der Waals surface area contributed by atoms with E-state index >= 15 is 0 Å². The molecule has 110 valence electrons. The first-order valence-corrected chi connectivity index (χ1v) is 7.72. The van der Waals surface area contributed by atoms with E-state index in [1.807, 2.05) is 4.90 Å². The summed E-state index contributed by atoms with van der Waals surface area (Å²) in [6.45, 7) is 4.76. The molecule has 0 radical (unpaired) electrons. The number of aryl methyl sites for hydroxylation is 1. The molecule has 1 atom stereocenters. The Balaban J connectivity index is 1.64. The molecule has 1 aliphatic heterocycles. The number of nitrogens with zero attached hydrogens (tertiary/aromatic N) is 1. The van der Waals surface area contributed by atoms with E-state index in [-0.39, 0.29) is 5.91 Å². The Kier molecular flexibility index (Phi) is 4.20. The van der Waals surface area contributed by atoms with Gasteiger partial charge in [-0.25, -0.2) is 0 Å². The van der Waals surface area contributed by atoms with Crippen molar-refractivity contribution in [1.82, 2.24) is 10.2 Å². The molecule has 0 aliphatic carbocycles. The van der Waals surface area contributed by atoms with Crippen LogP contribution in [0.5, 0.6) is 0 Å². The average Bonchev–Trinajstić information content (AvgIpc) is 2.53. The lowest BCUT2D eigenvalue weighted by molar-refractivity contribution is -0.133. The molecule has 1 saturated heterocycles. The predicted octanol–water partition coefficient (Wildman–Crippen LogP) is 2.59. The lowest BCUT2D eigenvalue weighted by Crippen LogP contribution is -2.52. The van der Waals surface area contributed by atoms with Gasteiger partial charge in [0.25, 0.3) is 0 Å². The Labute approximate surface area is 125 Å². The van der Waals surface area contributed by atoms with Crippen molar-refractivity contribution in [2.75, 3.05) is 19.6 Å². The maximum Gasteiger partial charge on any atom is 0.223 e. The highest BCUT2D eigenvalue weighted by molar-refractivity contribution is 5.83.